The molecule has 0 radical (unpaired) electrons. The molecule has 1 aliphatic carbocycles. The molecule has 1 aliphatic heterocycles. The van der Waals surface area contributed by atoms with Gasteiger partial charge in [-0.25, -0.2) is 12.7 Å². The maximum atomic E-state index is 12.5. The number of sulfonamides is 1. The van der Waals surface area contributed by atoms with Gasteiger partial charge in [0.25, 0.3) is 0 Å². The maximum Gasteiger partial charge on any atom is 0.217 e. The van der Waals surface area contributed by atoms with Crippen LogP contribution in [-0.4, -0.2) is 36.8 Å². The van der Waals surface area contributed by atoms with Crippen LogP contribution in [0.1, 0.15) is 45.4 Å². The molecule has 5 heteroatoms. The molecule has 0 aromatic rings. The molecule has 0 N–H and O–H groups in total. The van der Waals surface area contributed by atoms with Crippen LogP contribution in [0.4, 0.5) is 0 Å². The lowest BCUT2D eigenvalue weighted by Crippen LogP contribution is -2.44. The topological polar surface area (TPSA) is 54.5 Å². The molecule has 1 saturated carbocycles. The van der Waals surface area contributed by atoms with Crippen LogP contribution in [0, 0.1) is 5.92 Å². The lowest BCUT2D eigenvalue weighted by atomic mass is 9.86. The fraction of sp³-hybridized carbons (Fsp3) is 0.917. The van der Waals surface area contributed by atoms with Crippen LogP contribution < -0.4 is 0 Å². The molecule has 1 heterocycles. The van der Waals surface area contributed by atoms with E-state index in [4.69, 9.17) is 0 Å². The van der Waals surface area contributed by atoms with Crippen molar-refractivity contribution in [2.24, 2.45) is 5.92 Å². The molecular formula is C12H21NO3S. The van der Waals surface area contributed by atoms with Gasteiger partial charge in [0.1, 0.15) is 5.78 Å². The van der Waals surface area contributed by atoms with Gasteiger partial charge >= 0.3 is 0 Å². The summed E-state index contributed by atoms with van der Waals surface area (Å²) in [5, 5.41) is -0.452. The van der Waals surface area contributed by atoms with Crippen molar-refractivity contribution in [3.8, 4) is 0 Å². The van der Waals surface area contributed by atoms with Gasteiger partial charge in [0.2, 0.25) is 10.0 Å². The largest absolute Gasteiger partial charge is 0.300 e. The summed E-state index contributed by atoms with van der Waals surface area (Å²) in [6.45, 7) is 2.81. The van der Waals surface area contributed by atoms with Crippen molar-refractivity contribution >= 4 is 15.8 Å². The Morgan fingerprint density at radius 1 is 1.06 bits per heavy atom. The zero-order valence-corrected chi connectivity index (χ0v) is 11.2. The molecule has 1 saturated heterocycles. The molecule has 0 amide bonds. The molecule has 17 heavy (non-hydrogen) atoms. The number of hydrogen-bond donors (Lipinski definition) is 0. The second-order valence-electron chi connectivity index (χ2n) is 5.19. The number of hydrogen-bond acceptors (Lipinski definition) is 3. The molecular weight excluding hydrogens is 238 g/mol. The fourth-order valence-corrected chi connectivity index (χ4v) is 5.41. The summed E-state index contributed by atoms with van der Waals surface area (Å²) in [4.78, 5) is 11.6. The van der Waals surface area contributed by atoms with Crippen molar-refractivity contribution in [3.05, 3.63) is 0 Å². The number of Topliss-reactive ketones (excluding diaryl/α,β-unsaturated/α-hetero) is 1. The van der Waals surface area contributed by atoms with Crippen LogP contribution in [0.2, 0.25) is 0 Å². The summed E-state index contributed by atoms with van der Waals surface area (Å²) < 4.78 is 26.5. The van der Waals surface area contributed by atoms with E-state index in [9.17, 15) is 13.2 Å². The van der Waals surface area contributed by atoms with Gasteiger partial charge in [0.05, 0.1) is 5.25 Å². The van der Waals surface area contributed by atoms with E-state index in [1.807, 2.05) is 0 Å². The summed E-state index contributed by atoms with van der Waals surface area (Å²) >= 11 is 0. The minimum atomic E-state index is -3.24. The van der Waals surface area contributed by atoms with Gasteiger partial charge in [0, 0.05) is 19.0 Å². The average Bonchev–Trinajstić information content (AvgIpc) is 2.83. The smallest absolute Gasteiger partial charge is 0.217 e. The Morgan fingerprint density at radius 2 is 1.65 bits per heavy atom. The number of carbonyl (C=O) groups is 1. The van der Waals surface area contributed by atoms with Crippen LogP contribution in [0.3, 0.4) is 0 Å². The van der Waals surface area contributed by atoms with Crippen molar-refractivity contribution in [1.82, 2.24) is 4.31 Å². The SMILES string of the molecule is CC(=O)C1CCCCC1S(=O)(=O)N1CCCC1. The quantitative estimate of drug-likeness (QED) is 0.773. The Kier molecular flexibility index (Phi) is 3.88. The first kappa shape index (κ1) is 13.0. The van der Waals surface area contributed by atoms with E-state index >= 15 is 0 Å². The van der Waals surface area contributed by atoms with Crippen LogP contribution >= 0.6 is 0 Å². The van der Waals surface area contributed by atoms with Crippen LogP contribution in [-0.2, 0) is 14.8 Å². The third kappa shape index (κ3) is 2.55. The molecule has 0 bridgehead atoms. The zero-order valence-electron chi connectivity index (χ0n) is 10.4. The Bertz CT molecular complexity index is 385. The van der Waals surface area contributed by atoms with Gasteiger partial charge in [-0.3, -0.25) is 4.79 Å². The van der Waals surface area contributed by atoms with Crippen molar-refractivity contribution in [2.45, 2.75) is 50.7 Å². The monoisotopic (exact) mass is 259 g/mol. The number of carbonyl (C=O) groups excluding carboxylic acids is 1. The number of nitrogens with zero attached hydrogens (tertiary/aromatic N) is 1. The second-order valence-corrected chi connectivity index (χ2v) is 7.34. The van der Waals surface area contributed by atoms with E-state index in [-0.39, 0.29) is 11.7 Å². The Morgan fingerprint density at radius 3 is 2.24 bits per heavy atom. The van der Waals surface area contributed by atoms with E-state index in [0.717, 1.165) is 32.1 Å². The van der Waals surface area contributed by atoms with Crippen LogP contribution in [0.15, 0.2) is 0 Å². The predicted molar refractivity (Wildman–Crippen MR) is 66.2 cm³/mol. The van der Waals surface area contributed by atoms with Gasteiger partial charge in [-0.2, -0.15) is 0 Å². The Hall–Kier alpha value is -0.420. The molecule has 0 aromatic heterocycles. The predicted octanol–water partition coefficient (Wildman–Crippen LogP) is 1.56. The van der Waals surface area contributed by atoms with Crippen molar-refractivity contribution in [3.63, 3.8) is 0 Å². The lowest BCUT2D eigenvalue weighted by Gasteiger charge is -2.32. The molecule has 2 rings (SSSR count). The van der Waals surface area contributed by atoms with E-state index in [2.05, 4.69) is 0 Å². The normalized spacial score (nSPS) is 31.6. The van der Waals surface area contributed by atoms with Crippen molar-refractivity contribution < 1.29 is 13.2 Å². The lowest BCUT2D eigenvalue weighted by molar-refractivity contribution is -0.121. The summed E-state index contributed by atoms with van der Waals surface area (Å²) in [7, 11) is -3.24. The molecule has 2 aliphatic rings. The first-order valence-electron chi connectivity index (χ1n) is 6.53. The third-order valence-corrected chi connectivity index (χ3v) is 6.45. The number of ketones is 1. The highest BCUT2D eigenvalue weighted by molar-refractivity contribution is 7.89. The average molecular weight is 259 g/mol. The van der Waals surface area contributed by atoms with E-state index in [1.54, 1.807) is 4.31 Å². The Labute approximate surface area is 103 Å². The van der Waals surface area contributed by atoms with E-state index < -0.39 is 15.3 Å². The zero-order chi connectivity index (χ0) is 12.5. The fourth-order valence-electron chi connectivity index (χ4n) is 3.05. The second kappa shape index (κ2) is 5.06. The highest BCUT2D eigenvalue weighted by atomic mass is 32.2. The van der Waals surface area contributed by atoms with Crippen LogP contribution in [0.5, 0.6) is 0 Å². The van der Waals surface area contributed by atoms with Gasteiger partial charge in [-0.05, 0) is 32.6 Å². The standard InChI is InChI=1S/C12H21NO3S/c1-10(14)11-6-2-3-7-12(11)17(15,16)13-8-4-5-9-13/h11-12H,2-9H2,1H3. The van der Waals surface area contributed by atoms with Crippen molar-refractivity contribution in [1.29, 1.82) is 0 Å². The minimum Gasteiger partial charge on any atom is -0.300 e. The number of rotatable bonds is 3. The molecule has 0 spiro atoms. The minimum absolute atomic E-state index is 0.0393. The Balaban J connectivity index is 2.20. The summed E-state index contributed by atoms with van der Waals surface area (Å²) in [6, 6.07) is 0. The highest BCUT2D eigenvalue weighted by Gasteiger charge is 2.41. The summed E-state index contributed by atoms with van der Waals surface area (Å²) in [5.41, 5.74) is 0. The van der Waals surface area contributed by atoms with Gasteiger partial charge in [-0.15, -0.1) is 0 Å². The first-order chi connectivity index (χ1) is 8.03. The summed E-state index contributed by atoms with van der Waals surface area (Å²) in [5.74, 6) is -0.230. The van der Waals surface area contributed by atoms with Gasteiger partial charge in [0.15, 0.2) is 0 Å². The third-order valence-electron chi connectivity index (χ3n) is 4.03. The van der Waals surface area contributed by atoms with Gasteiger partial charge in [-0.1, -0.05) is 12.8 Å². The molecule has 4 nitrogen and oxygen atoms in total. The molecule has 2 unspecified atom stereocenters. The van der Waals surface area contributed by atoms with Crippen LogP contribution in [0.25, 0.3) is 0 Å². The molecule has 0 aromatic carbocycles. The maximum absolute atomic E-state index is 12.5. The molecule has 2 atom stereocenters. The van der Waals surface area contributed by atoms with E-state index in [1.165, 1.54) is 6.92 Å². The first-order valence-corrected chi connectivity index (χ1v) is 8.03. The summed E-state index contributed by atoms with van der Waals surface area (Å²) in [6.07, 6.45) is 5.22. The van der Waals surface area contributed by atoms with Crippen molar-refractivity contribution in [2.75, 3.05) is 13.1 Å². The molecule has 98 valence electrons. The van der Waals surface area contributed by atoms with Gasteiger partial charge < -0.3 is 0 Å². The molecule has 2 fully saturated rings. The highest BCUT2D eigenvalue weighted by Crippen LogP contribution is 2.33. The van der Waals surface area contributed by atoms with E-state index in [0.29, 0.717) is 19.5 Å².